The number of anilines is 1. The van der Waals surface area contributed by atoms with Crippen LogP contribution in [0.3, 0.4) is 0 Å². The van der Waals surface area contributed by atoms with E-state index in [9.17, 15) is 8.42 Å². The van der Waals surface area contributed by atoms with Gasteiger partial charge in [-0.2, -0.15) is 0 Å². The number of rotatable bonds is 5. The Kier molecular flexibility index (Phi) is 4.33. The number of benzene rings is 1. The van der Waals surface area contributed by atoms with Gasteiger partial charge in [-0.1, -0.05) is 17.3 Å². The summed E-state index contributed by atoms with van der Waals surface area (Å²) in [6, 6.07) is 10.2. The fourth-order valence-electron chi connectivity index (χ4n) is 2.26. The van der Waals surface area contributed by atoms with E-state index in [4.69, 9.17) is 9.26 Å². The van der Waals surface area contributed by atoms with Crippen LogP contribution in [0, 0.1) is 13.8 Å². The number of aryl methyl sites for hydroxylation is 2. The number of nitrogens with one attached hydrogen (secondary N) is 1. The van der Waals surface area contributed by atoms with E-state index in [0.29, 0.717) is 27.0 Å². The standard InChI is InChI=1S/C16H16N2O4S2/c1-10-8-14(22-17-10)15-9-16(11(2)23-15)24(19,20)18-12-6-4-5-7-13(12)21-3/h4-9,18H,1-3H3. The van der Waals surface area contributed by atoms with Crippen LogP contribution in [0.15, 0.2) is 45.8 Å². The monoisotopic (exact) mass is 364 g/mol. The maximum Gasteiger partial charge on any atom is 0.263 e. The lowest BCUT2D eigenvalue weighted by Gasteiger charge is -2.11. The van der Waals surface area contributed by atoms with E-state index in [1.54, 1.807) is 43.3 Å². The van der Waals surface area contributed by atoms with Crippen LogP contribution in [0.5, 0.6) is 5.75 Å². The number of thiophene rings is 1. The zero-order valence-corrected chi connectivity index (χ0v) is 15.0. The van der Waals surface area contributed by atoms with Gasteiger partial charge in [0.25, 0.3) is 10.0 Å². The molecule has 3 aromatic rings. The van der Waals surface area contributed by atoms with Crippen LogP contribution in [-0.2, 0) is 10.0 Å². The summed E-state index contributed by atoms with van der Waals surface area (Å²) in [7, 11) is -2.25. The zero-order valence-electron chi connectivity index (χ0n) is 13.4. The molecule has 0 aliphatic rings. The molecule has 0 saturated heterocycles. The molecule has 24 heavy (non-hydrogen) atoms. The van der Waals surface area contributed by atoms with Crippen molar-refractivity contribution < 1.29 is 17.7 Å². The van der Waals surface area contributed by atoms with Crippen molar-refractivity contribution >= 4 is 27.0 Å². The Morgan fingerprint density at radius 1 is 1.21 bits per heavy atom. The summed E-state index contributed by atoms with van der Waals surface area (Å²) in [5.74, 6) is 1.01. The van der Waals surface area contributed by atoms with Crippen molar-refractivity contribution in [1.82, 2.24) is 5.16 Å². The van der Waals surface area contributed by atoms with Crippen molar-refractivity contribution in [1.29, 1.82) is 0 Å². The van der Waals surface area contributed by atoms with Crippen molar-refractivity contribution in [2.24, 2.45) is 0 Å². The number of methoxy groups -OCH3 is 1. The summed E-state index contributed by atoms with van der Waals surface area (Å²) < 4.78 is 38.4. The van der Waals surface area contributed by atoms with Crippen molar-refractivity contribution in [2.45, 2.75) is 18.7 Å². The minimum atomic E-state index is -3.74. The average molecular weight is 364 g/mol. The van der Waals surface area contributed by atoms with Crippen molar-refractivity contribution in [3.63, 3.8) is 0 Å². The first-order valence-corrected chi connectivity index (χ1v) is 9.40. The summed E-state index contributed by atoms with van der Waals surface area (Å²) >= 11 is 1.34. The molecule has 0 atom stereocenters. The van der Waals surface area contributed by atoms with Gasteiger partial charge in [0.15, 0.2) is 5.76 Å². The molecular formula is C16H16N2O4S2. The number of para-hydroxylation sites is 2. The topological polar surface area (TPSA) is 81.4 Å². The zero-order chi connectivity index (χ0) is 17.3. The van der Waals surface area contributed by atoms with Crippen LogP contribution in [0.2, 0.25) is 0 Å². The fourth-order valence-corrected chi connectivity index (χ4v) is 4.87. The van der Waals surface area contributed by atoms with Gasteiger partial charge in [0, 0.05) is 10.9 Å². The molecule has 0 radical (unpaired) electrons. The molecule has 0 aliphatic carbocycles. The van der Waals surface area contributed by atoms with E-state index in [1.165, 1.54) is 18.4 Å². The lowest BCUT2D eigenvalue weighted by Crippen LogP contribution is -2.13. The number of ether oxygens (including phenoxy) is 1. The maximum absolute atomic E-state index is 12.7. The number of nitrogens with zero attached hydrogens (tertiary/aromatic N) is 1. The molecule has 2 aromatic heterocycles. The third kappa shape index (κ3) is 3.15. The fraction of sp³-hybridized carbons (Fsp3) is 0.188. The number of hydrogen-bond donors (Lipinski definition) is 1. The SMILES string of the molecule is COc1ccccc1NS(=O)(=O)c1cc(-c2cc(C)no2)sc1C. The Balaban J connectivity index is 1.97. The average Bonchev–Trinajstić information content (AvgIpc) is 3.13. The van der Waals surface area contributed by atoms with Gasteiger partial charge in [-0.05, 0) is 32.0 Å². The van der Waals surface area contributed by atoms with Crippen molar-refractivity contribution in [3.05, 3.63) is 47.0 Å². The maximum atomic E-state index is 12.7. The highest BCUT2D eigenvalue weighted by Crippen LogP contribution is 2.35. The van der Waals surface area contributed by atoms with E-state index < -0.39 is 10.0 Å². The number of sulfonamides is 1. The minimum absolute atomic E-state index is 0.211. The molecule has 3 rings (SSSR count). The van der Waals surface area contributed by atoms with Gasteiger partial charge in [0.1, 0.15) is 10.6 Å². The van der Waals surface area contributed by atoms with Gasteiger partial charge in [-0.15, -0.1) is 11.3 Å². The Bertz CT molecular complexity index is 974. The van der Waals surface area contributed by atoms with Crippen molar-refractivity contribution in [3.8, 4) is 16.4 Å². The summed E-state index contributed by atoms with van der Waals surface area (Å²) in [5, 5.41) is 3.83. The molecule has 0 spiro atoms. The van der Waals surface area contributed by atoms with Gasteiger partial charge in [-0.3, -0.25) is 4.72 Å². The molecule has 2 heterocycles. The van der Waals surface area contributed by atoms with Crippen LogP contribution >= 0.6 is 11.3 Å². The molecule has 1 aromatic carbocycles. The van der Waals surface area contributed by atoms with E-state index in [2.05, 4.69) is 9.88 Å². The Labute approximate surface area is 144 Å². The smallest absolute Gasteiger partial charge is 0.263 e. The normalized spacial score (nSPS) is 11.5. The molecule has 0 aliphatic heterocycles. The highest BCUT2D eigenvalue weighted by Gasteiger charge is 2.23. The molecule has 0 fully saturated rings. The van der Waals surface area contributed by atoms with Crippen LogP contribution < -0.4 is 9.46 Å². The summed E-state index contributed by atoms with van der Waals surface area (Å²) in [6.07, 6.45) is 0. The molecule has 0 bridgehead atoms. The summed E-state index contributed by atoms with van der Waals surface area (Å²) in [4.78, 5) is 1.59. The highest BCUT2D eigenvalue weighted by molar-refractivity contribution is 7.93. The number of aromatic nitrogens is 1. The van der Waals surface area contributed by atoms with Gasteiger partial charge < -0.3 is 9.26 Å². The van der Waals surface area contributed by atoms with Gasteiger partial charge in [-0.25, -0.2) is 8.42 Å². The molecular weight excluding hydrogens is 348 g/mol. The van der Waals surface area contributed by atoms with E-state index in [1.807, 2.05) is 6.92 Å². The molecule has 1 N–H and O–H groups in total. The molecule has 126 valence electrons. The molecule has 0 unspecified atom stereocenters. The minimum Gasteiger partial charge on any atom is -0.495 e. The molecule has 0 amide bonds. The Morgan fingerprint density at radius 3 is 2.62 bits per heavy atom. The second kappa shape index (κ2) is 6.29. The first-order valence-electron chi connectivity index (χ1n) is 7.10. The second-order valence-electron chi connectivity index (χ2n) is 5.17. The van der Waals surface area contributed by atoms with Gasteiger partial charge in [0.2, 0.25) is 0 Å². The van der Waals surface area contributed by atoms with Crippen LogP contribution in [0.4, 0.5) is 5.69 Å². The lowest BCUT2D eigenvalue weighted by atomic mass is 10.3. The van der Waals surface area contributed by atoms with Gasteiger partial charge >= 0.3 is 0 Å². The highest BCUT2D eigenvalue weighted by atomic mass is 32.2. The first-order chi connectivity index (χ1) is 11.4. The van der Waals surface area contributed by atoms with E-state index >= 15 is 0 Å². The van der Waals surface area contributed by atoms with E-state index in [0.717, 1.165) is 5.69 Å². The van der Waals surface area contributed by atoms with Crippen LogP contribution in [0.25, 0.3) is 10.6 Å². The van der Waals surface area contributed by atoms with Crippen molar-refractivity contribution in [2.75, 3.05) is 11.8 Å². The van der Waals surface area contributed by atoms with Crippen LogP contribution in [-0.4, -0.2) is 20.7 Å². The number of hydrogen-bond acceptors (Lipinski definition) is 6. The summed E-state index contributed by atoms with van der Waals surface area (Å²) in [5.41, 5.74) is 1.13. The summed E-state index contributed by atoms with van der Waals surface area (Å²) in [6.45, 7) is 3.57. The third-order valence-corrected chi connectivity index (χ3v) is 6.07. The Hall–Kier alpha value is -2.32. The van der Waals surface area contributed by atoms with Gasteiger partial charge in [0.05, 0.1) is 23.4 Å². The Morgan fingerprint density at radius 2 is 1.96 bits per heavy atom. The lowest BCUT2D eigenvalue weighted by molar-refractivity contribution is 0.417. The quantitative estimate of drug-likeness (QED) is 0.744. The second-order valence-corrected chi connectivity index (χ2v) is 8.08. The molecule has 0 saturated carbocycles. The predicted octanol–water partition coefficient (Wildman–Crippen LogP) is 3.83. The third-order valence-electron chi connectivity index (χ3n) is 3.38. The van der Waals surface area contributed by atoms with E-state index in [-0.39, 0.29) is 4.90 Å². The largest absolute Gasteiger partial charge is 0.495 e. The first kappa shape index (κ1) is 16.5. The predicted molar refractivity (Wildman–Crippen MR) is 93.1 cm³/mol. The molecule has 6 nitrogen and oxygen atoms in total. The molecule has 8 heteroatoms. The van der Waals surface area contributed by atoms with Crippen LogP contribution in [0.1, 0.15) is 10.6 Å².